The molecular formula is C85H94Ge2Ir2N4O2-4. The quantitative estimate of drug-likeness (QED) is 0.0948. The molecule has 2 aliphatic carbocycles. The van der Waals surface area contributed by atoms with Crippen LogP contribution >= 0.6 is 0 Å². The molecule has 0 atom stereocenters. The number of hydrogen-bond donors (Lipinski definition) is 0. The molecule has 12 aromatic rings. The maximum absolute atomic E-state index is 6.22. The summed E-state index contributed by atoms with van der Waals surface area (Å²) in [7, 11) is 0. The Kier molecular flexibility index (Phi) is 24.3. The third-order valence-corrected chi connectivity index (χ3v) is 26.8. The van der Waals surface area contributed by atoms with Crippen LogP contribution in [-0.2, 0) is 72.3 Å². The minimum Gasteiger partial charge on any atom is -0.501 e. The molecule has 6 aromatic heterocycles. The van der Waals surface area contributed by atoms with Gasteiger partial charge < -0.3 is 18.8 Å². The monoisotopic (exact) mass is 1740 g/mol. The molecule has 2 aliphatic rings. The predicted octanol–water partition coefficient (Wildman–Crippen LogP) is 22.0. The van der Waals surface area contributed by atoms with Gasteiger partial charge in [0.25, 0.3) is 0 Å². The van der Waals surface area contributed by atoms with E-state index in [1.54, 1.807) is 0 Å². The molecule has 6 nitrogen and oxygen atoms in total. The van der Waals surface area contributed by atoms with Gasteiger partial charge in [-0.15, -0.1) is 36.4 Å². The molecule has 0 saturated heterocycles. The summed E-state index contributed by atoms with van der Waals surface area (Å²) in [6.45, 7) is 18.4. The summed E-state index contributed by atoms with van der Waals surface area (Å²) >= 11 is -3.79. The van der Waals surface area contributed by atoms with E-state index in [0.717, 1.165) is 121 Å². The fraction of sp³-hybridized carbons (Fsp3) is 0.341. The van der Waals surface area contributed by atoms with E-state index < -0.39 is 26.5 Å². The smallest absolute Gasteiger partial charge is 0.120 e. The van der Waals surface area contributed by atoms with Gasteiger partial charge in [-0.1, -0.05) is 115 Å². The fourth-order valence-electron chi connectivity index (χ4n) is 13.7. The van der Waals surface area contributed by atoms with Gasteiger partial charge in [-0.05, 0) is 84.7 Å². The Morgan fingerprint density at radius 2 is 0.958 bits per heavy atom. The van der Waals surface area contributed by atoms with Gasteiger partial charge in [0.2, 0.25) is 0 Å². The van der Waals surface area contributed by atoms with Crippen molar-refractivity contribution in [1.29, 1.82) is 0 Å². The topological polar surface area (TPSA) is 77.8 Å². The van der Waals surface area contributed by atoms with Crippen molar-refractivity contribution in [3.63, 3.8) is 0 Å². The summed E-state index contributed by atoms with van der Waals surface area (Å²) in [4.78, 5) is 19.0. The fourth-order valence-corrected chi connectivity index (χ4v) is 20.3. The second-order valence-electron chi connectivity index (χ2n) is 30.7. The zero-order valence-corrected chi connectivity index (χ0v) is 67.4. The summed E-state index contributed by atoms with van der Waals surface area (Å²) in [5.74, 6) is 16.0. The molecule has 2 radical (unpaired) electrons. The molecule has 0 spiro atoms. The van der Waals surface area contributed by atoms with Gasteiger partial charge in [0, 0.05) is 63.4 Å². The number of rotatable bonds is 11. The van der Waals surface area contributed by atoms with E-state index in [0.29, 0.717) is 16.7 Å². The molecule has 14 rings (SSSR count). The van der Waals surface area contributed by atoms with E-state index in [9.17, 15) is 0 Å². The van der Waals surface area contributed by atoms with Crippen molar-refractivity contribution in [2.75, 3.05) is 0 Å². The van der Waals surface area contributed by atoms with Crippen LogP contribution in [0, 0.1) is 41.0 Å². The van der Waals surface area contributed by atoms with E-state index in [4.69, 9.17) is 28.8 Å². The molecule has 0 N–H and O–H groups in total. The number of fused-ring (bicyclic) bond motifs is 7. The SMILES string of the molecule is CC(C)(C)Cc1cc(-c2[c-]cccc2)nc[c]1[Ge]([CH3])([CH3])[CH3].CC(C)(C)Cc1cc(-c2[c-]cccc2)nc[c]1[Ge]([CH3])([CH3])[CH3].CC(C)c1cnc(-c2[c-]ccc3c2oc2ccccc23)cc1CC1CCCC1.[Ir].[Ir].[c-]1ccc2c(oc3ccccc32)c1-c1nccc2c1CCCC2. The minimum absolute atomic E-state index is 0. The Morgan fingerprint density at radius 3 is 1.45 bits per heavy atom. The molecule has 0 aliphatic heterocycles. The van der Waals surface area contributed by atoms with Gasteiger partial charge >= 0.3 is 264 Å². The largest absolute Gasteiger partial charge is 0.501 e. The number of para-hydroxylation sites is 2. The van der Waals surface area contributed by atoms with Gasteiger partial charge in [-0.3, -0.25) is 0 Å². The van der Waals surface area contributed by atoms with Crippen LogP contribution in [-0.4, -0.2) is 46.5 Å². The minimum atomic E-state index is -1.90. The van der Waals surface area contributed by atoms with Crippen LogP contribution in [0.25, 0.3) is 88.9 Å². The van der Waals surface area contributed by atoms with E-state index in [2.05, 4.69) is 206 Å². The van der Waals surface area contributed by atoms with Gasteiger partial charge in [0.1, 0.15) is 11.2 Å². The van der Waals surface area contributed by atoms with Crippen LogP contribution in [0.1, 0.15) is 133 Å². The van der Waals surface area contributed by atoms with Crippen LogP contribution < -0.4 is 8.79 Å². The van der Waals surface area contributed by atoms with Gasteiger partial charge in [0.15, 0.2) is 0 Å². The average Bonchev–Trinajstić information content (AvgIpc) is 1.65. The Bertz CT molecular complexity index is 4410. The molecular weight excluding hydrogens is 1640 g/mol. The maximum Gasteiger partial charge on any atom is 0.120 e. The first-order valence-corrected chi connectivity index (χ1v) is 48.7. The summed E-state index contributed by atoms with van der Waals surface area (Å²) in [5.41, 5.74) is 21.1. The second kappa shape index (κ2) is 31.6. The van der Waals surface area contributed by atoms with Crippen LogP contribution in [0.4, 0.5) is 0 Å². The number of nitrogens with zero attached hydrogens (tertiary/aromatic N) is 4. The van der Waals surface area contributed by atoms with E-state index in [1.165, 1.54) is 87.1 Å². The Labute approximate surface area is 599 Å². The predicted molar refractivity (Wildman–Crippen MR) is 397 cm³/mol. The van der Waals surface area contributed by atoms with E-state index in [-0.39, 0.29) is 40.2 Å². The number of hydrogen-bond acceptors (Lipinski definition) is 6. The van der Waals surface area contributed by atoms with Crippen LogP contribution in [0.15, 0.2) is 179 Å². The normalized spacial score (nSPS) is 13.5. The van der Waals surface area contributed by atoms with Crippen LogP contribution in [0.3, 0.4) is 0 Å². The summed E-state index contributed by atoms with van der Waals surface area (Å²) in [5, 5.41) is 4.58. The molecule has 1 saturated carbocycles. The van der Waals surface area contributed by atoms with Crippen molar-refractivity contribution >= 4 is 79.2 Å². The molecule has 0 bridgehead atoms. The molecule has 6 heterocycles. The molecule has 6 aromatic carbocycles. The van der Waals surface area contributed by atoms with Crippen molar-refractivity contribution in [2.24, 2.45) is 16.7 Å². The molecule has 496 valence electrons. The number of benzene rings is 6. The molecule has 95 heavy (non-hydrogen) atoms. The second-order valence-corrected chi connectivity index (χ2v) is 51.8. The Morgan fingerprint density at radius 1 is 0.484 bits per heavy atom. The first-order chi connectivity index (χ1) is 44.5. The van der Waals surface area contributed by atoms with E-state index >= 15 is 0 Å². The molecule has 0 unspecified atom stereocenters. The van der Waals surface area contributed by atoms with Gasteiger partial charge in [-0.2, -0.15) is 0 Å². The first-order valence-electron chi connectivity index (χ1n) is 34.0. The maximum atomic E-state index is 6.22. The van der Waals surface area contributed by atoms with Crippen LogP contribution in [0.2, 0.25) is 34.5 Å². The van der Waals surface area contributed by atoms with Gasteiger partial charge in [-0.25, -0.2) is 0 Å². The van der Waals surface area contributed by atoms with Crippen molar-refractivity contribution in [2.45, 2.75) is 166 Å². The number of aromatic nitrogens is 4. The van der Waals surface area contributed by atoms with Crippen molar-refractivity contribution in [1.82, 2.24) is 19.9 Å². The third kappa shape index (κ3) is 18.2. The Balaban J connectivity index is 0.000000149. The number of furan rings is 2. The molecule has 10 heteroatoms. The summed E-state index contributed by atoms with van der Waals surface area (Å²) < 4.78 is 15.4. The number of aryl methyl sites for hydroxylation is 1. The van der Waals surface area contributed by atoms with Crippen molar-refractivity contribution in [3.8, 4) is 45.0 Å². The first kappa shape index (κ1) is 73.2. The zero-order valence-electron chi connectivity index (χ0n) is 58.4. The van der Waals surface area contributed by atoms with Crippen molar-refractivity contribution in [3.05, 3.63) is 228 Å². The molecule has 0 amide bonds. The van der Waals surface area contributed by atoms with Gasteiger partial charge in [0.05, 0.1) is 11.2 Å². The van der Waals surface area contributed by atoms with E-state index in [1.807, 2.05) is 79.0 Å². The standard InChI is InChI=1S/C26H26NO.C21H16NO.2C19H26GeN.2Ir/c1-17(2)23-16-27-24(15-19(23)14-18-8-3-4-9-18)22-12-7-11-21-20-10-5-6-13-25(20)28-26(21)22;1-2-7-15-14(6-1)12-13-22-20(15)18-10-5-9-17-16-8-3-4-11-19(16)23-21(17)18;2*1-19(2,3)13-16-12-18(15-10-8-7-9-11-15)21-14-17(16)20(4,5)6;;/h5-7,10-11,13,15-18H,3-4,8-9,14H2,1-2H3;3-5,8-9,11-13H,1-2,6-7H2;2*7-10,12,14H,13H2,1-6H3;;/q4*-1;;. The summed E-state index contributed by atoms with van der Waals surface area (Å²) in [6, 6.07) is 63.1. The third-order valence-electron chi connectivity index (χ3n) is 18.1. The summed E-state index contributed by atoms with van der Waals surface area (Å²) in [6.07, 6.45) is 21.9. The zero-order chi connectivity index (χ0) is 65.7. The number of pyridine rings is 4. The molecule has 1 fully saturated rings. The Hall–Kier alpha value is -6.10. The van der Waals surface area contributed by atoms with Crippen LogP contribution in [0.5, 0.6) is 0 Å². The van der Waals surface area contributed by atoms with Crippen molar-refractivity contribution < 1.29 is 49.0 Å². The average molecular weight is 1730 g/mol.